The summed E-state index contributed by atoms with van der Waals surface area (Å²) in [5, 5.41) is 20.3. The van der Waals surface area contributed by atoms with Crippen LogP contribution in [0.5, 0.6) is 0 Å². The minimum Gasteiger partial charge on any atom is -0.394 e. The van der Waals surface area contributed by atoms with E-state index >= 15 is 4.39 Å². The molecule has 0 saturated carbocycles. The maximum absolute atomic E-state index is 15.5. The molecule has 8 atom stereocenters. The van der Waals surface area contributed by atoms with Crippen molar-refractivity contribution in [3.63, 3.8) is 0 Å². The van der Waals surface area contributed by atoms with Crippen molar-refractivity contribution < 1.29 is 33.5 Å². The van der Waals surface area contributed by atoms with Gasteiger partial charge in [0, 0.05) is 12.8 Å². The summed E-state index contributed by atoms with van der Waals surface area (Å²) >= 11 is 5.38. The molecule has 2 aliphatic rings. The quantitative estimate of drug-likeness (QED) is 0.132. The highest BCUT2D eigenvalue weighted by Crippen LogP contribution is 2.58. The highest BCUT2D eigenvalue weighted by Gasteiger charge is 2.53. The normalized spacial score (nSPS) is 29.9. The third kappa shape index (κ3) is 4.87. The van der Waals surface area contributed by atoms with Crippen molar-refractivity contribution in [1.82, 2.24) is 39.0 Å². The summed E-state index contributed by atoms with van der Waals surface area (Å²) in [4.78, 5) is 46.1. The van der Waals surface area contributed by atoms with Crippen molar-refractivity contribution >= 4 is 52.4 Å². The molecule has 6 heterocycles. The van der Waals surface area contributed by atoms with Crippen LogP contribution < -0.4 is 17.0 Å². The Morgan fingerprint density at radius 3 is 2.68 bits per heavy atom. The average molecular weight is 613 g/mol. The van der Waals surface area contributed by atoms with Crippen LogP contribution in [0.25, 0.3) is 22.3 Å². The van der Waals surface area contributed by atoms with Gasteiger partial charge >= 0.3 is 0 Å². The van der Waals surface area contributed by atoms with Crippen molar-refractivity contribution in [2.24, 2.45) is 0 Å². The first-order valence-electron chi connectivity index (χ1n) is 12.4. The maximum Gasteiger partial charge on any atom is 0.280 e. The SMILES string of the molecule is Nc1nc2c(ncn2[C@@H]2O[C@H](CO)[C@@H](F)[C@H]2P(O)(=S)OCC[C@H]2O[C@@H](n3cnc4c(N)ncnc43)C[C@@H]2O)c(=O)[nH]1. The van der Waals surface area contributed by atoms with Crippen LogP contribution >= 0.6 is 6.49 Å². The Bertz CT molecular complexity index is 1700. The number of hydrogen-bond acceptors (Lipinski definition) is 14. The number of aromatic nitrogens is 8. The molecule has 0 spiro atoms. The van der Waals surface area contributed by atoms with Gasteiger partial charge in [-0.05, 0) is 11.8 Å². The zero-order chi connectivity index (χ0) is 29.1. The molecular formula is C21H26FN10O7PS. The number of rotatable bonds is 8. The summed E-state index contributed by atoms with van der Waals surface area (Å²) < 4.78 is 35.7. The van der Waals surface area contributed by atoms with Crippen LogP contribution in [0.15, 0.2) is 23.8 Å². The Labute approximate surface area is 234 Å². The van der Waals surface area contributed by atoms with Gasteiger partial charge in [0.25, 0.3) is 5.56 Å². The van der Waals surface area contributed by atoms with E-state index in [1.54, 1.807) is 4.57 Å². The van der Waals surface area contributed by atoms with Gasteiger partial charge < -0.3 is 40.6 Å². The minimum atomic E-state index is -3.98. The molecule has 4 aromatic heterocycles. The second-order valence-electron chi connectivity index (χ2n) is 9.66. The first kappa shape index (κ1) is 28.0. The van der Waals surface area contributed by atoms with E-state index in [0.29, 0.717) is 11.2 Å². The standard InChI is InChI=1S/C21H26FN10O7PS/c22-12-10(4-33)39-20(32-7-28-14-18(32)29-21(24)30-19(14)35)15(12)40(36,41)37-2-1-9-8(34)3-11(38-9)31-6-27-13-16(23)25-5-26-17(13)31/h5-12,15,20,33-34H,1-4H2,(H,36,41)(H2,23,25,26)(H3,24,29,30,35)/t8-,9+,10+,11+,12+,15+,20+,40?/m0/s1. The smallest absolute Gasteiger partial charge is 0.280 e. The van der Waals surface area contributed by atoms with Gasteiger partial charge in [-0.2, -0.15) is 4.98 Å². The molecule has 6 rings (SSSR count). The Morgan fingerprint density at radius 2 is 1.90 bits per heavy atom. The molecule has 0 amide bonds. The largest absolute Gasteiger partial charge is 0.394 e. The predicted molar refractivity (Wildman–Crippen MR) is 144 cm³/mol. The molecule has 0 aromatic carbocycles. The van der Waals surface area contributed by atoms with Crippen LogP contribution in [0.4, 0.5) is 16.2 Å². The fourth-order valence-corrected chi connectivity index (χ4v) is 7.68. The fourth-order valence-electron chi connectivity index (χ4n) is 5.17. The summed E-state index contributed by atoms with van der Waals surface area (Å²) in [5.74, 6) is 0.00602. The van der Waals surface area contributed by atoms with Crippen LogP contribution in [0.1, 0.15) is 25.3 Å². The lowest BCUT2D eigenvalue weighted by atomic mass is 10.1. The van der Waals surface area contributed by atoms with Crippen LogP contribution in [0.3, 0.4) is 0 Å². The van der Waals surface area contributed by atoms with Crippen LogP contribution in [0, 0.1) is 0 Å². The molecule has 0 bridgehead atoms. The molecule has 2 aliphatic heterocycles. The number of anilines is 2. The summed E-state index contributed by atoms with van der Waals surface area (Å²) in [6.45, 7) is -4.86. The van der Waals surface area contributed by atoms with E-state index in [9.17, 15) is 19.9 Å². The lowest BCUT2D eigenvalue weighted by Crippen LogP contribution is -2.31. The number of nitrogens with one attached hydrogen (secondary N) is 1. The second kappa shape index (κ2) is 10.6. The lowest BCUT2D eigenvalue weighted by molar-refractivity contribution is -0.0327. The van der Waals surface area contributed by atoms with Gasteiger partial charge in [0.15, 0.2) is 35.3 Å². The van der Waals surface area contributed by atoms with Gasteiger partial charge in [-0.25, -0.2) is 24.3 Å². The van der Waals surface area contributed by atoms with Crippen molar-refractivity contribution in [3.05, 3.63) is 29.3 Å². The van der Waals surface area contributed by atoms with Crippen LogP contribution in [0.2, 0.25) is 0 Å². The van der Waals surface area contributed by atoms with E-state index in [0.717, 1.165) is 0 Å². The highest BCUT2D eigenvalue weighted by molar-refractivity contribution is 8.09. The Hall–Kier alpha value is -3.16. The Morgan fingerprint density at radius 1 is 1.15 bits per heavy atom. The van der Waals surface area contributed by atoms with E-state index in [4.69, 9.17) is 37.3 Å². The van der Waals surface area contributed by atoms with Gasteiger partial charge in [-0.1, -0.05) is 0 Å². The molecule has 1 unspecified atom stereocenters. The number of alkyl halides is 1. The first-order chi connectivity index (χ1) is 19.6. The van der Waals surface area contributed by atoms with Crippen molar-refractivity contribution in [1.29, 1.82) is 0 Å². The highest BCUT2D eigenvalue weighted by atomic mass is 32.5. The molecule has 2 fully saturated rings. The summed E-state index contributed by atoms with van der Waals surface area (Å²) in [7, 11) is 0. The van der Waals surface area contributed by atoms with Gasteiger partial charge in [0.05, 0.1) is 38.1 Å². The zero-order valence-corrected chi connectivity index (χ0v) is 22.8. The van der Waals surface area contributed by atoms with Crippen LogP contribution in [-0.2, 0) is 25.8 Å². The van der Waals surface area contributed by atoms with E-state index in [2.05, 4.69) is 29.9 Å². The molecule has 0 aliphatic carbocycles. The number of H-pyrrole nitrogens is 1. The maximum atomic E-state index is 15.5. The second-order valence-corrected chi connectivity index (χ2v) is 13.2. The minimum absolute atomic E-state index is 0.0189. The fraction of sp³-hybridized carbons (Fsp3) is 0.524. The lowest BCUT2D eigenvalue weighted by Gasteiger charge is -2.28. The number of hydrogen-bond donors (Lipinski definition) is 6. The number of nitrogen functional groups attached to an aromatic ring is 2. The third-order valence-corrected chi connectivity index (χ3v) is 10.0. The predicted octanol–water partition coefficient (Wildman–Crippen LogP) is -0.923. The number of fused-ring (bicyclic) bond motifs is 2. The topological polar surface area (TPSA) is 248 Å². The number of ether oxygens (including phenoxy) is 2. The number of nitrogens with zero attached hydrogens (tertiary/aromatic N) is 7. The van der Waals surface area contributed by atoms with Crippen LogP contribution in [-0.4, -0.2) is 97.5 Å². The van der Waals surface area contributed by atoms with E-state index in [1.807, 2.05) is 0 Å². The number of halogens is 1. The zero-order valence-electron chi connectivity index (χ0n) is 21.1. The molecule has 2 saturated heterocycles. The summed E-state index contributed by atoms with van der Waals surface area (Å²) in [6, 6.07) is 0. The number of aliphatic hydroxyl groups is 2. The van der Waals surface area contributed by atoms with Crippen molar-refractivity contribution in [2.45, 2.75) is 55.4 Å². The van der Waals surface area contributed by atoms with Gasteiger partial charge in [0.2, 0.25) is 5.95 Å². The number of imidazole rings is 2. The molecule has 220 valence electrons. The molecule has 8 N–H and O–H groups in total. The molecule has 41 heavy (non-hydrogen) atoms. The van der Waals surface area contributed by atoms with E-state index in [-0.39, 0.29) is 42.4 Å². The molecule has 4 aromatic rings. The number of aliphatic hydroxyl groups excluding tert-OH is 2. The van der Waals surface area contributed by atoms with E-state index < -0.39 is 61.3 Å². The van der Waals surface area contributed by atoms with E-state index in [1.165, 1.54) is 23.5 Å². The summed E-state index contributed by atoms with van der Waals surface area (Å²) in [5.41, 5.74) is 10.2. The third-order valence-electron chi connectivity index (χ3n) is 7.15. The Kier molecular flexibility index (Phi) is 7.23. The molecule has 17 nitrogen and oxygen atoms in total. The summed E-state index contributed by atoms with van der Waals surface area (Å²) in [6.07, 6.45) is -2.43. The Balaban J connectivity index is 1.17. The number of nitrogens with two attached hydrogens (primary N) is 2. The van der Waals surface area contributed by atoms with Gasteiger partial charge in [-0.15, -0.1) is 0 Å². The van der Waals surface area contributed by atoms with Gasteiger partial charge in [0.1, 0.15) is 36.0 Å². The molecular weight excluding hydrogens is 586 g/mol. The van der Waals surface area contributed by atoms with Gasteiger partial charge in [-0.3, -0.25) is 18.9 Å². The van der Waals surface area contributed by atoms with Crippen molar-refractivity contribution in [3.8, 4) is 0 Å². The molecule has 0 radical (unpaired) electrons. The molecule has 20 heteroatoms. The first-order valence-corrected chi connectivity index (χ1v) is 15.2. The number of aromatic amines is 1. The monoisotopic (exact) mass is 612 g/mol. The average Bonchev–Trinajstić information content (AvgIpc) is 3.68. The van der Waals surface area contributed by atoms with Crippen molar-refractivity contribution in [2.75, 3.05) is 24.7 Å².